The van der Waals surface area contributed by atoms with E-state index in [1.54, 1.807) is 12.1 Å². The first kappa shape index (κ1) is 17.2. The van der Waals surface area contributed by atoms with Crippen LogP contribution in [0.2, 0.25) is 0 Å². The Morgan fingerprint density at radius 3 is 2.72 bits per heavy atom. The molecule has 1 N–H and O–H groups in total. The number of anilines is 1. The Bertz CT molecular complexity index is 730. The Balaban J connectivity index is 1.69. The summed E-state index contributed by atoms with van der Waals surface area (Å²) in [6, 6.07) is 11.6. The third-order valence-corrected chi connectivity index (χ3v) is 4.29. The van der Waals surface area contributed by atoms with E-state index in [1.165, 1.54) is 11.1 Å². The summed E-state index contributed by atoms with van der Waals surface area (Å²) in [5, 5.41) is 10.9. The van der Waals surface area contributed by atoms with Crippen LogP contribution in [0.3, 0.4) is 0 Å². The van der Waals surface area contributed by atoms with Crippen LogP contribution in [0, 0.1) is 6.92 Å². The smallest absolute Gasteiger partial charge is 0.323 e. The molecule has 0 spiro atoms. The van der Waals surface area contributed by atoms with Crippen molar-refractivity contribution in [3.05, 3.63) is 47.5 Å². The van der Waals surface area contributed by atoms with E-state index in [-0.39, 0.29) is 18.2 Å². The molecule has 6 heteroatoms. The lowest BCUT2D eigenvalue weighted by Gasteiger charge is -2.26. The fourth-order valence-electron chi connectivity index (χ4n) is 3.17. The monoisotopic (exact) mass is 340 g/mol. The molecule has 3 rings (SSSR count). The van der Waals surface area contributed by atoms with Gasteiger partial charge in [0.1, 0.15) is 0 Å². The molecule has 132 valence electrons. The molecule has 2 aromatic rings. The minimum atomic E-state index is -0.141. The molecular formula is C19H24N4O2. The van der Waals surface area contributed by atoms with Crippen molar-refractivity contribution in [2.45, 2.75) is 45.8 Å². The van der Waals surface area contributed by atoms with E-state index in [1.807, 2.05) is 30.9 Å². The molecule has 0 radical (unpaired) electrons. The topological polar surface area (TPSA) is 67.4 Å². The minimum absolute atomic E-state index is 0.0363. The summed E-state index contributed by atoms with van der Waals surface area (Å²) in [5.41, 5.74) is 2.42. The van der Waals surface area contributed by atoms with Gasteiger partial charge in [-0.2, -0.15) is 0 Å². The summed E-state index contributed by atoms with van der Waals surface area (Å²) in [5.74, 6) is 0.878. The highest BCUT2D eigenvalue weighted by molar-refractivity contribution is 5.88. The Kier molecular flexibility index (Phi) is 5.16. The Morgan fingerprint density at radius 2 is 2.04 bits per heavy atom. The van der Waals surface area contributed by atoms with Crippen LogP contribution in [-0.4, -0.2) is 33.8 Å². The lowest BCUT2D eigenvalue weighted by Crippen LogP contribution is -2.35. The third kappa shape index (κ3) is 4.07. The van der Waals surface area contributed by atoms with Crippen LogP contribution in [0.4, 0.5) is 10.6 Å². The molecule has 1 aromatic carbocycles. The molecule has 1 saturated heterocycles. The zero-order valence-corrected chi connectivity index (χ0v) is 14.9. The van der Waals surface area contributed by atoms with E-state index in [9.17, 15) is 4.79 Å². The number of carbonyl (C=O) groups is 1. The standard InChI is InChI=1S/C19H24N4O2/c1-13(2)25-18-11-10-17(21-22-18)20-19(24)23-12-6-9-16(23)15-8-5-4-7-14(15)3/h4-5,7-8,10-11,13,16H,6,9,12H2,1-3H3,(H,20,21,24). The number of aryl methyl sites for hydroxylation is 1. The first-order chi connectivity index (χ1) is 12.0. The molecule has 6 nitrogen and oxygen atoms in total. The van der Waals surface area contributed by atoms with E-state index in [4.69, 9.17) is 4.74 Å². The minimum Gasteiger partial charge on any atom is -0.474 e. The van der Waals surface area contributed by atoms with Crippen molar-refractivity contribution in [1.82, 2.24) is 15.1 Å². The SMILES string of the molecule is Cc1ccccc1C1CCCN1C(=O)Nc1ccc(OC(C)C)nn1. The first-order valence-corrected chi connectivity index (χ1v) is 8.68. The predicted octanol–water partition coefficient (Wildman–Crippen LogP) is 3.94. The molecule has 1 aliphatic rings. The lowest BCUT2D eigenvalue weighted by atomic mass is 9.99. The number of carbonyl (C=O) groups excluding carboxylic acids is 1. The van der Waals surface area contributed by atoms with Gasteiger partial charge in [0.2, 0.25) is 5.88 Å². The number of urea groups is 1. The Hall–Kier alpha value is -2.63. The number of rotatable bonds is 4. The summed E-state index contributed by atoms with van der Waals surface area (Å²) >= 11 is 0. The second-order valence-corrected chi connectivity index (χ2v) is 6.56. The molecule has 0 bridgehead atoms. The van der Waals surface area contributed by atoms with Crippen LogP contribution >= 0.6 is 0 Å². The van der Waals surface area contributed by atoms with Gasteiger partial charge in [-0.05, 0) is 50.8 Å². The fourth-order valence-corrected chi connectivity index (χ4v) is 3.17. The Morgan fingerprint density at radius 1 is 1.24 bits per heavy atom. The number of hydrogen-bond donors (Lipinski definition) is 1. The molecule has 0 aliphatic carbocycles. The van der Waals surface area contributed by atoms with Crippen molar-refractivity contribution in [3.63, 3.8) is 0 Å². The molecule has 1 aromatic heterocycles. The van der Waals surface area contributed by atoms with Gasteiger partial charge in [-0.15, -0.1) is 10.2 Å². The van der Waals surface area contributed by atoms with Crippen LogP contribution in [0.5, 0.6) is 5.88 Å². The molecule has 2 amide bonds. The summed E-state index contributed by atoms with van der Waals surface area (Å²) < 4.78 is 5.47. The van der Waals surface area contributed by atoms with Crippen molar-refractivity contribution < 1.29 is 9.53 Å². The summed E-state index contributed by atoms with van der Waals surface area (Å²) in [4.78, 5) is 14.6. The van der Waals surface area contributed by atoms with E-state index >= 15 is 0 Å². The second kappa shape index (κ2) is 7.51. The van der Waals surface area contributed by atoms with Crippen LogP contribution in [0.1, 0.15) is 43.9 Å². The second-order valence-electron chi connectivity index (χ2n) is 6.56. The van der Waals surface area contributed by atoms with Gasteiger partial charge < -0.3 is 9.64 Å². The van der Waals surface area contributed by atoms with E-state index < -0.39 is 0 Å². The zero-order valence-electron chi connectivity index (χ0n) is 14.9. The largest absolute Gasteiger partial charge is 0.474 e. The van der Waals surface area contributed by atoms with Crippen molar-refractivity contribution in [1.29, 1.82) is 0 Å². The average molecular weight is 340 g/mol. The molecule has 1 unspecified atom stereocenters. The van der Waals surface area contributed by atoms with Crippen molar-refractivity contribution in [2.75, 3.05) is 11.9 Å². The number of ether oxygens (including phenoxy) is 1. The Labute approximate surface area is 148 Å². The van der Waals surface area contributed by atoms with E-state index in [0.29, 0.717) is 11.7 Å². The number of hydrogen-bond acceptors (Lipinski definition) is 4. The van der Waals surface area contributed by atoms with Crippen LogP contribution in [-0.2, 0) is 0 Å². The van der Waals surface area contributed by atoms with Crippen molar-refractivity contribution >= 4 is 11.8 Å². The fraction of sp³-hybridized carbons (Fsp3) is 0.421. The lowest BCUT2D eigenvalue weighted by molar-refractivity contribution is 0.206. The quantitative estimate of drug-likeness (QED) is 0.915. The number of amides is 2. The molecule has 2 heterocycles. The highest BCUT2D eigenvalue weighted by Crippen LogP contribution is 2.33. The number of nitrogens with one attached hydrogen (secondary N) is 1. The van der Waals surface area contributed by atoms with Gasteiger partial charge >= 0.3 is 6.03 Å². The summed E-state index contributed by atoms with van der Waals surface area (Å²) in [7, 11) is 0. The van der Waals surface area contributed by atoms with Crippen molar-refractivity contribution in [3.8, 4) is 5.88 Å². The van der Waals surface area contributed by atoms with Crippen LogP contribution in [0.25, 0.3) is 0 Å². The van der Waals surface area contributed by atoms with Gasteiger partial charge in [-0.1, -0.05) is 24.3 Å². The maximum Gasteiger partial charge on any atom is 0.323 e. The van der Waals surface area contributed by atoms with E-state index in [0.717, 1.165) is 19.4 Å². The zero-order chi connectivity index (χ0) is 17.8. The van der Waals surface area contributed by atoms with Crippen LogP contribution in [0.15, 0.2) is 36.4 Å². The van der Waals surface area contributed by atoms with Gasteiger partial charge in [0, 0.05) is 12.6 Å². The van der Waals surface area contributed by atoms with E-state index in [2.05, 4.69) is 34.6 Å². The number of aromatic nitrogens is 2. The summed E-state index contributed by atoms with van der Waals surface area (Å²) in [6.45, 7) is 6.68. The van der Waals surface area contributed by atoms with Crippen molar-refractivity contribution in [2.24, 2.45) is 0 Å². The molecule has 0 saturated carbocycles. The number of nitrogens with zero attached hydrogens (tertiary/aromatic N) is 3. The molecule has 25 heavy (non-hydrogen) atoms. The van der Waals surface area contributed by atoms with Gasteiger partial charge in [0.25, 0.3) is 0 Å². The number of benzene rings is 1. The van der Waals surface area contributed by atoms with Gasteiger partial charge in [-0.3, -0.25) is 5.32 Å². The molecule has 1 atom stereocenters. The molecule has 1 fully saturated rings. The average Bonchev–Trinajstić information content (AvgIpc) is 3.06. The molecular weight excluding hydrogens is 316 g/mol. The van der Waals surface area contributed by atoms with Gasteiger partial charge in [0.15, 0.2) is 5.82 Å². The maximum absolute atomic E-state index is 12.7. The maximum atomic E-state index is 12.7. The van der Waals surface area contributed by atoms with Crippen LogP contribution < -0.4 is 10.1 Å². The summed E-state index contributed by atoms with van der Waals surface area (Å²) in [6.07, 6.45) is 2.01. The number of likely N-dealkylation sites (tertiary alicyclic amines) is 1. The predicted molar refractivity (Wildman–Crippen MR) is 96.7 cm³/mol. The highest BCUT2D eigenvalue weighted by atomic mass is 16.5. The van der Waals surface area contributed by atoms with Gasteiger partial charge in [0.05, 0.1) is 12.1 Å². The third-order valence-electron chi connectivity index (χ3n) is 4.29. The molecule has 1 aliphatic heterocycles. The first-order valence-electron chi connectivity index (χ1n) is 8.68. The normalized spacial score (nSPS) is 17.0. The van der Waals surface area contributed by atoms with Gasteiger partial charge in [-0.25, -0.2) is 4.79 Å². The highest BCUT2D eigenvalue weighted by Gasteiger charge is 2.30.